The number of aromatic nitrogens is 1. The number of hydrogen-bond donors (Lipinski definition) is 1. The van der Waals surface area contributed by atoms with Gasteiger partial charge in [-0.1, -0.05) is 6.92 Å². The topological polar surface area (TPSA) is 56.0 Å². The summed E-state index contributed by atoms with van der Waals surface area (Å²) >= 11 is 1.54. The van der Waals surface area contributed by atoms with Gasteiger partial charge in [0.25, 0.3) is 0 Å². The average Bonchev–Trinajstić information content (AvgIpc) is 2.81. The molecule has 0 amide bonds. The lowest BCUT2D eigenvalue weighted by Gasteiger charge is -2.25. The first-order valence-electron chi connectivity index (χ1n) is 6.42. The van der Waals surface area contributed by atoms with Gasteiger partial charge in [0, 0.05) is 18.7 Å². The summed E-state index contributed by atoms with van der Waals surface area (Å²) in [5.41, 5.74) is 5.87. The number of rotatable bonds is 4. The maximum absolute atomic E-state index is 12.1. The molecule has 1 aromatic heterocycles. The molecule has 1 saturated carbocycles. The van der Waals surface area contributed by atoms with Crippen LogP contribution in [-0.4, -0.2) is 16.8 Å². The van der Waals surface area contributed by atoms with Crippen molar-refractivity contribution in [2.45, 2.75) is 51.5 Å². The number of Topliss-reactive ketones (excluding diaryl/α,β-unsaturated/α-hetero) is 1. The molecule has 1 heterocycles. The van der Waals surface area contributed by atoms with Crippen molar-refractivity contribution < 1.29 is 4.79 Å². The largest absolute Gasteiger partial charge is 0.328 e. The van der Waals surface area contributed by atoms with Gasteiger partial charge in [-0.15, -0.1) is 11.3 Å². The molecule has 1 aliphatic rings. The molecule has 0 radical (unpaired) electrons. The van der Waals surface area contributed by atoms with Gasteiger partial charge in [0.15, 0.2) is 5.78 Å². The van der Waals surface area contributed by atoms with E-state index in [-0.39, 0.29) is 5.78 Å². The molecule has 0 bridgehead atoms. The molecule has 17 heavy (non-hydrogen) atoms. The van der Waals surface area contributed by atoms with E-state index in [1.807, 2.05) is 0 Å². The lowest BCUT2D eigenvalue weighted by molar-refractivity contribution is 0.0952. The minimum atomic E-state index is 0.266. The highest BCUT2D eigenvalue weighted by Gasteiger charge is 2.22. The van der Waals surface area contributed by atoms with Crippen molar-refractivity contribution in [3.63, 3.8) is 0 Å². The van der Waals surface area contributed by atoms with Gasteiger partial charge < -0.3 is 5.73 Å². The van der Waals surface area contributed by atoms with Crippen molar-refractivity contribution in [3.8, 4) is 0 Å². The third kappa shape index (κ3) is 3.36. The van der Waals surface area contributed by atoms with Crippen molar-refractivity contribution in [1.29, 1.82) is 0 Å². The van der Waals surface area contributed by atoms with Crippen LogP contribution >= 0.6 is 11.3 Å². The molecule has 4 heteroatoms. The Morgan fingerprint density at radius 3 is 2.76 bits per heavy atom. The predicted molar refractivity (Wildman–Crippen MR) is 70.4 cm³/mol. The maximum Gasteiger partial charge on any atom is 0.174 e. The van der Waals surface area contributed by atoms with E-state index in [0.717, 1.165) is 42.0 Å². The van der Waals surface area contributed by atoms with Crippen molar-refractivity contribution in [1.82, 2.24) is 4.98 Å². The summed E-state index contributed by atoms with van der Waals surface area (Å²) in [7, 11) is 0. The third-order valence-electron chi connectivity index (χ3n) is 3.50. The van der Waals surface area contributed by atoms with E-state index < -0.39 is 0 Å². The minimum absolute atomic E-state index is 0.266. The summed E-state index contributed by atoms with van der Waals surface area (Å²) in [5, 5.41) is 1.05. The number of hydrogen-bond acceptors (Lipinski definition) is 4. The molecule has 0 aliphatic heterocycles. The van der Waals surface area contributed by atoms with Gasteiger partial charge in [0.05, 0.1) is 9.88 Å². The van der Waals surface area contributed by atoms with E-state index in [9.17, 15) is 4.79 Å². The molecular formula is C13H20N2OS. The molecule has 0 saturated heterocycles. The second-order valence-corrected chi connectivity index (χ2v) is 6.00. The number of nitrogens with two attached hydrogens (primary N) is 1. The van der Waals surface area contributed by atoms with Crippen LogP contribution in [0.5, 0.6) is 0 Å². The normalized spacial score (nSPS) is 24.8. The first-order valence-corrected chi connectivity index (χ1v) is 7.24. The van der Waals surface area contributed by atoms with Crippen molar-refractivity contribution in [2.24, 2.45) is 11.7 Å². The van der Waals surface area contributed by atoms with E-state index in [0.29, 0.717) is 18.4 Å². The molecule has 0 unspecified atom stereocenters. The zero-order valence-corrected chi connectivity index (χ0v) is 11.1. The maximum atomic E-state index is 12.1. The highest BCUT2D eigenvalue weighted by Crippen LogP contribution is 2.28. The molecule has 0 aromatic carbocycles. The van der Waals surface area contributed by atoms with Crippen LogP contribution in [0.4, 0.5) is 0 Å². The first kappa shape index (κ1) is 12.7. The zero-order valence-electron chi connectivity index (χ0n) is 10.3. The summed E-state index contributed by atoms with van der Waals surface area (Å²) in [5.74, 6) is 0.803. The number of ketones is 1. The SMILES string of the molecule is CCc1ncc(C(=O)CC2CCC(N)CC2)s1. The molecule has 1 aliphatic carbocycles. The quantitative estimate of drug-likeness (QED) is 0.838. The number of thiazole rings is 1. The Morgan fingerprint density at radius 2 is 2.18 bits per heavy atom. The Hall–Kier alpha value is -0.740. The number of nitrogens with zero attached hydrogens (tertiary/aromatic N) is 1. The highest BCUT2D eigenvalue weighted by molar-refractivity contribution is 7.13. The lowest BCUT2D eigenvalue weighted by Crippen LogP contribution is -2.27. The van der Waals surface area contributed by atoms with E-state index >= 15 is 0 Å². The van der Waals surface area contributed by atoms with Crippen LogP contribution < -0.4 is 5.73 Å². The van der Waals surface area contributed by atoms with Crippen molar-refractivity contribution in [3.05, 3.63) is 16.1 Å². The number of aryl methyl sites for hydroxylation is 1. The van der Waals surface area contributed by atoms with E-state index in [2.05, 4.69) is 11.9 Å². The minimum Gasteiger partial charge on any atom is -0.328 e. The van der Waals surface area contributed by atoms with Crippen LogP contribution in [0, 0.1) is 5.92 Å². The standard InChI is InChI=1S/C13H20N2OS/c1-2-13-15-8-12(17-13)11(16)7-9-3-5-10(14)6-4-9/h8-10H,2-7,14H2,1H3. The van der Waals surface area contributed by atoms with Gasteiger partial charge in [0.1, 0.15) is 0 Å². The van der Waals surface area contributed by atoms with Crippen molar-refractivity contribution in [2.75, 3.05) is 0 Å². The van der Waals surface area contributed by atoms with Gasteiger partial charge in [-0.25, -0.2) is 4.98 Å². The molecule has 0 atom stereocenters. The Morgan fingerprint density at radius 1 is 1.47 bits per heavy atom. The molecule has 2 rings (SSSR count). The van der Waals surface area contributed by atoms with E-state index in [1.54, 1.807) is 17.5 Å². The third-order valence-corrected chi connectivity index (χ3v) is 4.68. The molecular weight excluding hydrogens is 232 g/mol. The van der Waals surface area contributed by atoms with E-state index in [4.69, 9.17) is 5.73 Å². The monoisotopic (exact) mass is 252 g/mol. The molecule has 1 fully saturated rings. The summed E-state index contributed by atoms with van der Waals surface area (Å²) in [6.07, 6.45) is 7.68. The summed E-state index contributed by atoms with van der Waals surface area (Å²) in [6.45, 7) is 2.07. The summed E-state index contributed by atoms with van der Waals surface area (Å²) in [4.78, 5) is 17.1. The predicted octanol–water partition coefficient (Wildman–Crippen LogP) is 2.80. The second-order valence-electron chi connectivity index (χ2n) is 4.88. The summed E-state index contributed by atoms with van der Waals surface area (Å²) in [6, 6.07) is 0.358. The molecule has 3 nitrogen and oxygen atoms in total. The lowest BCUT2D eigenvalue weighted by atomic mass is 9.83. The Labute approximate surface area is 106 Å². The van der Waals surface area contributed by atoms with E-state index in [1.165, 1.54) is 0 Å². The van der Waals surface area contributed by atoms with Gasteiger partial charge >= 0.3 is 0 Å². The first-order chi connectivity index (χ1) is 8.19. The van der Waals surface area contributed by atoms with Gasteiger partial charge in [-0.2, -0.15) is 0 Å². The number of carbonyl (C=O) groups is 1. The molecule has 1 aromatic rings. The Balaban J connectivity index is 1.88. The van der Waals surface area contributed by atoms with Crippen LogP contribution in [0.15, 0.2) is 6.20 Å². The zero-order chi connectivity index (χ0) is 12.3. The van der Waals surface area contributed by atoms with Gasteiger partial charge in [-0.05, 0) is 38.0 Å². The van der Waals surface area contributed by atoms with Crippen LogP contribution in [0.25, 0.3) is 0 Å². The fraction of sp³-hybridized carbons (Fsp3) is 0.692. The average molecular weight is 252 g/mol. The van der Waals surface area contributed by atoms with Crippen LogP contribution in [-0.2, 0) is 6.42 Å². The van der Waals surface area contributed by atoms with Crippen molar-refractivity contribution >= 4 is 17.1 Å². The number of carbonyl (C=O) groups excluding carboxylic acids is 1. The smallest absolute Gasteiger partial charge is 0.174 e. The Kier molecular flexibility index (Phi) is 4.29. The molecule has 94 valence electrons. The van der Waals surface area contributed by atoms with Crippen LogP contribution in [0.1, 0.15) is 53.7 Å². The molecule has 0 spiro atoms. The molecule has 2 N–H and O–H groups in total. The van der Waals surface area contributed by atoms with Gasteiger partial charge in [-0.3, -0.25) is 4.79 Å². The fourth-order valence-corrected chi connectivity index (χ4v) is 3.16. The Bertz CT molecular complexity index is 381. The highest BCUT2D eigenvalue weighted by atomic mass is 32.1. The van der Waals surface area contributed by atoms with Gasteiger partial charge in [0.2, 0.25) is 0 Å². The van der Waals surface area contributed by atoms with Crippen LogP contribution in [0.3, 0.4) is 0 Å². The fourth-order valence-electron chi connectivity index (χ4n) is 2.36. The second kappa shape index (κ2) is 5.74. The van der Waals surface area contributed by atoms with Crippen LogP contribution in [0.2, 0.25) is 0 Å². The summed E-state index contributed by atoms with van der Waals surface area (Å²) < 4.78 is 0.